The highest BCUT2D eigenvalue weighted by Gasteiger charge is 2.43. The SMILES string of the molecule is C=CCC(C)(F)C(C)(CC)C(=C)C. The van der Waals surface area contributed by atoms with E-state index in [1.165, 1.54) is 0 Å². The van der Waals surface area contributed by atoms with Crippen molar-refractivity contribution in [2.45, 2.75) is 46.2 Å². The zero-order chi connectivity index (χ0) is 10.7. The predicted octanol–water partition coefficient (Wildman–Crippen LogP) is 4.28. The Bertz CT molecular complexity index is 203. The van der Waals surface area contributed by atoms with Gasteiger partial charge in [-0.25, -0.2) is 4.39 Å². The standard InChI is InChI=1S/C12H21F/c1-7-9-12(6,13)11(5,8-2)10(3)4/h7H,1,3,8-9H2,2,4-6H3. The number of allylic oxidation sites excluding steroid dienone is 2. The molecule has 0 aromatic heterocycles. The van der Waals surface area contributed by atoms with Gasteiger partial charge in [-0.3, -0.25) is 0 Å². The lowest BCUT2D eigenvalue weighted by Crippen LogP contribution is -2.40. The largest absolute Gasteiger partial charge is 0.243 e. The topological polar surface area (TPSA) is 0 Å². The summed E-state index contributed by atoms with van der Waals surface area (Å²) in [6.07, 6.45) is 2.78. The minimum absolute atomic E-state index is 0.379. The summed E-state index contributed by atoms with van der Waals surface area (Å²) >= 11 is 0. The molecule has 0 heterocycles. The third kappa shape index (κ3) is 2.20. The Kier molecular flexibility index (Phi) is 3.89. The maximum Gasteiger partial charge on any atom is 0.120 e. The van der Waals surface area contributed by atoms with Gasteiger partial charge in [-0.15, -0.1) is 6.58 Å². The van der Waals surface area contributed by atoms with Gasteiger partial charge < -0.3 is 0 Å². The Hall–Kier alpha value is -0.590. The molecule has 0 saturated carbocycles. The number of alkyl halides is 1. The predicted molar refractivity (Wildman–Crippen MR) is 57.5 cm³/mol. The van der Waals surface area contributed by atoms with Gasteiger partial charge in [-0.1, -0.05) is 32.1 Å². The van der Waals surface area contributed by atoms with Gasteiger partial charge in [0.15, 0.2) is 0 Å². The Labute approximate surface area is 81.5 Å². The lowest BCUT2D eigenvalue weighted by Gasteiger charge is -2.40. The van der Waals surface area contributed by atoms with Gasteiger partial charge >= 0.3 is 0 Å². The van der Waals surface area contributed by atoms with E-state index >= 15 is 0 Å². The molecule has 76 valence electrons. The van der Waals surface area contributed by atoms with Crippen LogP contribution in [0.3, 0.4) is 0 Å². The summed E-state index contributed by atoms with van der Waals surface area (Å²) < 4.78 is 14.3. The summed E-state index contributed by atoms with van der Waals surface area (Å²) in [6, 6.07) is 0. The van der Waals surface area contributed by atoms with Gasteiger partial charge in [0.05, 0.1) is 0 Å². The molecule has 0 aromatic carbocycles. The second kappa shape index (κ2) is 4.08. The lowest BCUT2D eigenvalue weighted by molar-refractivity contribution is 0.0481. The molecule has 0 aliphatic rings. The molecule has 0 rings (SSSR count). The minimum atomic E-state index is -1.24. The molecule has 2 atom stereocenters. The van der Waals surface area contributed by atoms with Crippen LogP contribution >= 0.6 is 0 Å². The fraction of sp³-hybridized carbons (Fsp3) is 0.667. The summed E-state index contributed by atoms with van der Waals surface area (Å²) in [5, 5.41) is 0. The zero-order valence-electron chi connectivity index (χ0n) is 9.28. The van der Waals surface area contributed by atoms with Crippen molar-refractivity contribution in [3.63, 3.8) is 0 Å². The molecule has 0 nitrogen and oxygen atoms in total. The lowest BCUT2D eigenvalue weighted by atomic mass is 9.68. The van der Waals surface area contributed by atoms with Gasteiger partial charge in [-0.05, 0) is 26.7 Å². The van der Waals surface area contributed by atoms with Crippen LogP contribution in [-0.2, 0) is 0 Å². The highest BCUT2D eigenvalue weighted by Crippen LogP contribution is 2.45. The van der Waals surface area contributed by atoms with Gasteiger partial charge in [0.1, 0.15) is 5.67 Å². The molecule has 0 aliphatic heterocycles. The van der Waals surface area contributed by atoms with Crippen LogP contribution in [-0.4, -0.2) is 5.67 Å². The molecule has 0 bridgehead atoms. The Morgan fingerprint density at radius 3 is 2.15 bits per heavy atom. The summed E-state index contributed by atoms with van der Waals surface area (Å²) in [5.41, 5.74) is -0.780. The first-order chi connectivity index (χ1) is 5.81. The third-order valence-electron chi connectivity index (χ3n) is 3.33. The molecule has 2 unspecified atom stereocenters. The first kappa shape index (κ1) is 12.4. The van der Waals surface area contributed by atoms with Crippen molar-refractivity contribution in [3.8, 4) is 0 Å². The van der Waals surface area contributed by atoms with Crippen LogP contribution in [0.15, 0.2) is 24.8 Å². The molecule has 0 N–H and O–H groups in total. The molecule has 0 radical (unpaired) electrons. The summed E-state index contributed by atoms with van der Waals surface area (Å²) in [7, 11) is 0. The molecular formula is C12H21F. The van der Waals surface area contributed by atoms with E-state index in [1.807, 2.05) is 20.8 Å². The summed E-state index contributed by atoms with van der Waals surface area (Å²) in [5.74, 6) is 0. The van der Waals surface area contributed by atoms with Crippen LogP contribution in [0.25, 0.3) is 0 Å². The van der Waals surface area contributed by atoms with Crippen molar-refractivity contribution >= 4 is 0 Å². The third-order valence-corrected chi connectivity index (χ3v) is 3.33. The fourth-order valence-corrected chi connectivity index (χ4v) is 1.61. The molecule has 0 saturated heterocycles. The van der Waals surface area contributed by atoms with Crippen molar-refractivity contribution in [3.05, 3.63) is 24.8 Å². The van der Waals surface area contributed by atoms with E-state index in [0.29, 0.717) is 6.42 Å². The molecule has 0 fully saturated rings. The average molecular weight is 184 g/mol. The number of rotatable bonds is 5. The maximum atomic E-state index is 14.3. The fourth-order valence-electron chi connectivity index (χ4n) is 1.61. The van der Waals surface area contributed by atoms with E-state index in [1.54, 1.807) is 13.0 Å². The highest BCUT2D eigenvalue weighted by molar-refractivity contribution is 5.14. The minimum Gasteiger partial charge on any atom is -0.243 e. The first-order valence-electron chi connectivity index (χ1n) is 4.77. The van der Waals surface area contributed by atoms with Crippen LogP contribution in [0.2, 0.25) is 0 Å². The Morgan fingerprint density at radius 1 is 1.46 bits per heavy atom. The Morgan fingerprint density at radius 2 is 1.92 bits per heavy atom. The molecule has 0 aromatic rings. The van der Waals surface area contributed by atoms with Crippen molar-refractivity contribution in [2.24, 2.45) is 5.41 Å². The van der Waals surface area contributed by atoms with Crippen LogP contribution in [0.4, 0.5) is 4.39 Å². The number of hydrogen-bond donors (Lipinski definition) is 0. The molecule has 0 amide bonds. The number of halogens is 1. The van der Waals surface area contributed by atoms with Crippen LogP contribution in [0.1, 0.15) is 40.5 Å². The monoisotopic (exact) mass is 184 g/mol. The van der Waals surface area contributed by atoms with Gasteiger partial charge in [0.2, 0.25) is 0 Å². The molecule has 0 spiro atoms. The highest BCUT2D eigenvalue weighted by atomic mass is 19.1. The van der Waals surface area contributed by atoms with Crippen molar-refractivity contribution in [2.75, 3.05) is 0 Å². The average Bonchev–Trinajstić information content (AvgIpc) is 2.02. The summed E-state index contributed by atoms with van der Waals surface area (Å²) in [4.78, 5) is 0. The van der Waals surface area contributed by atoms with Crippen molar-refractivity contribution in [1.82, 2.24) is 0 Å². The van der Waals surface area contributed by atoms with Crippen molar-refractivity contribution < 1.29 is 4.39 Å². The van der Waals surface area contributed by atoms with Crippen LogP contribution in [0, 0.1) is 5.41 Å². The molecular weight excluding hydrogens is 163 g/mol. The molecule has 1 heteroatoms. The van der Waals surface area contributed by atoms with E-state index in [2.05, 4.69) is 13.2 Å². The second-order valence-corrected chi connectivity index (χ2v) is 4.16. The first-order valence-corrected chi connectivity index (χ1v) is 4.77. The van der Waals surface area contributed by atoms with Crippen LogP contribution < -0.4 is 0 Å². The zero-order valence-corrected chi connectivity index (χ0v) is 9.28. The maximum absolute atomic E-state index is 14.3. The van der Waals surface area contributed by atoms with Gasteiger partial charge in [0, 0.05) is 5.41 Å². The van der Waals surface area contributed by atoms with Crippen LogP contribution in [0.5, 0.6) is 0 Å². The quantitative estimate of drug-likeness (QED) is 0.559. The van der Waals surface area contributed by atoms with Gasteiger partial charge in [-0.2, -0.15) is 0 Å². The van der Waals surface area contributed by atoms with E-state index in [9.17, 15) is 4.39 Å². The van der Waals surface area contributed by atoms with Gasteiger partial charge in [0.25, 0.3) is 0 Å². The van der Waals surface area contributed by atoms with Crippen molar-refractivity contribution in [1.29, 1.82) is 0 Å². The van der Waals surface area contributed by atoms with E-state index < -0.39 is 11.1 Å². The van der Waals surface area contributed by atoms with E-state index in [0.717, 1.165) is 12.0 Å². The Balaban J connectivity index is 4.93. The van der Waals surface area contributed by atoms with E-state index in [4.69, 9.17) is 0 Å². The normalized spacial score (nSPS) is 20.1. The summed E-state index contributed by atoms with van der Waals surface area (Å²) in [6.45, 7) is 14.9. The number of hydrogen-bond acceptors (Lipinski definition) is 0. The molecule has 13 heavy (non-hydrogen) atoms. The smallest absolute Gasteiger partial charge is 0.120 e. The second-order valence-electron chi connectivity index (χ2n) is 4.16. The van der Waals surface area contributed by atoms with E-state index in [-0.39, 0.29) is 0 Å². The molecule has 0 aliphatic carbocycles.